The zero-order valence-corrected chi connectivity index (χ0v) is 12.4. The molecule has 1 aromatic carbocycles. The predicted molar refractivity (Wildman–Crippen MR) is 75.0 cm³/mol. The summed E-state index contributed by atoms with van der Waals surface area (Å²) in [5.74, 6) is -0.237. The first-order chi connectivity index (χ1) is 9.44. The number of benzene rings is 1. The lowest BCUT2D eigenvalue weighted by atomic mass is 10.1. The molecule has 0 amide bonds. The lowest BCUT2D eigenvalue weighted by Gasteiger charge is -2.24. The number of nitrogens with one attached hydrogen (secondary N) is 2. The SMILES string of the molecule is FC(F)(F)Oc1ccc(NCC2CCCCN2)cc1Br. The summed E-state index contributed by atoms with van der Waals surface area (Å²) in [5, 5.41) is 6.61. The van der Waals surface area contributed by atoms with Gasteiger partial charge in [0.05, 0.1) is 4.47 Å². The second-order valence-corrected chi connectivity index (χ2v) is 5.58. The van der Waals surface area contributed by atoms with Gasteiger partial charge in [0, 0.05) is 18.3 Å². The Morgan fingerprint density at radius 1 is 1.35 bits per heavy atom. The molecule has 1 fully saturated rings. The summed E-state index contributed by atoms with van der Waals surface area (Å²) in [7, 11) is 0. The Balaban J connectivity index is 1.91. The van der Waals surface area contributed by atoms with Crippen LogP contribution < -0.4 is 15.4 Å². The molecular weight excluding hydrogens is 337 g/mol. The minimum Gasteiger partial charge on any atom is -0.405 e. The van der Waals surface area contributed by atoms with Gasteiger partial charge in [0.1, 0.15) is 5.75 Å². The average molecular weight is 353 g/mol. The van der Waals surface area contributed by atoms with Gasteiger partial charge >= 0.3 is 6.36 Å². The Labute approximate surface area is 124 Å². The zero-order valence-electron chi connectivity index (χ0n) is 10.8. The van der Waals surface area contributed by atoms with E-state index in [1.807, 2.05) is 0 Å². The van der Waals surface area contributed by atoms with E-state index >= 15 is 0 Å². The van der Waals surface area contributed by atoms with E-state index in [4.69, 9.17) is 0 Å². The van der Waals surface area contributed by atoms with Crippen LogP contribution >= 0.6 is 15.9 Å². The summed E-state index contributed by atoms with van der Waals surface area (Å²) < 4.78 is 40.6. The number of ether oxygens (including phenoxy) is 1. The summed E-state index contributed by atoms with van der Waals surface area (Å²) in [4.78, 5) is 0. The van der Waals surface area contributed by atoms with Crippen LogP contribution in [0.2, 0.25) is 0 Å². The lowest BCUT2D eigenvalue weighted by molar-refractivity contribution is -0.274. The van der Waals surface area contributed by atoms with Gasteiger partial charge in [-0.05, 0) is 53.5 Å². The zero-order chi connectivity index (χ0) is 14.6. The van der Waals surface area contributed by atoms with Crippen molar-refractivity contribution in [3.05, 3.63) is 22.7 Å². The van der Waals surface area contributed by atoms with Crippen molar-refractivity contribution in [2.75, 3.05) is 18.4 Å². The Hall–Kier alpha value is -0.950. The van der Waals surface area contributed by atoms with Crippen molar-refractivity contribution in [2.24, 2.45) is 0 Å². The lowest BCUT2D eigenvalue weighted by Crippen LogP contribution is -2.39. The Morgan fingerprint density at radius 2 is 2.15 bits per heavy atom. The first-order valence-corrected chi connectivity index (χ1v) is 7.26. The Morgan fingerprint density at radius 3 is 2.75 bits per heavy atom. The first kappa shape index (κ1) is 15.4. The molecule has 1 aromatic rings. The molecule has 0 spiro atoms. The molecule has 0 radical (unpaired) electrons. The number of alkyl halides is 3. The van der Waals surface area contributed by atoms with E-state index in [-0.39, 0.29) is 10.2 Å². The fraction of sp³-hybridized carbons (Fsp3) is 0.538. The van der Waals surface area contributed by atoms with Gasteiger partial charge in [0.25, 0.3) is 0 Å². The van der Waals surface area contributed by atoms with Crippen molar-refractivity contribution >= 4 is 21.6 Å². The molecule has 0 aliphatic carbocycles. The average Bonchev–Trinajstić information content (AvgIpc) is 2.39. The molecule has 20 heavy (non-hydrogen) atoms. The maximum Gasteiger partial charge on any atom is 0.573 e. The van der Waals surface area contributed by atoms with Crippen LogP contribution in [0.1, 0.15) is 19.3 Å². The van der Waals surface area contributed by atoms with Crippen LogP contribution in [0.4, 0.5) is 18.9 Å². The standard InChI is InChI=1S/C13H16BrF3N2O/c14-11-7-9(4-5-12(11)20-13(15,16)17)19-8-10-3-1-2-6-18-10/h4-5,7,10,18-19H,1-3,6,8H2. The third-order valence-corrected chi connectivity index (χ3v) is 3.74. The number of piperidine rings is 1. The van der Waals surface area contributed by atoms with Crippen LogP contribution in [0.5, 0.6) is 5.75 Å². The first-order valence-electron chi connectivity index (χ1n) is 6.46. The molecule has 0 saturated carbocycles. The topological polar surface area (TPSA) is 33.3 Å². The van der Waals surface area contributed by atoms with Crippen LogP contribution in [0.15, 0.2) is 22.7 Å². The van der Waals surface area contributed by atoms with E-state index in [0.717, 1.165) is 25.2 Å². The maximum atomic E-state index is 12.1. The van der Waals surface area contributed by atoms with Crippen molar-refractivity contribution in [3.8, 4) is 5.75 Å². The summed E-state index contributed by atoms with van der Waals surface area (Å²) in [5.41, 5.74) is 0.763. The van der Waals surface area contributed by atoms with E-state index in [1.54, 1.807) is 12.1 Å². The van der Waals surface area contributed by atoms with Crippen LogP contribution in [-0.2, 0) is 0 Å². The molecule has 112 valence electrons. The molecule has 0 bridgehead atoms. The number of rotatable bonds is 4. The molecule has 7 heteroatoms. The third-order valence-electron chi connectivity index (χ3n) is 3.12. The number of anilines is 1. The second-order valence-electron chi connectivity index (χ2n) is 4.72. The Kier molecular flexibility index (Phi) is 5.15. The molecule has 0 aromatic heterocycles. The number of hydrogen-bond donors (Lipinski definition) is 2. The number of halogens is 4. The predicted octanol–water partition coefficient (Wildman–Crippen LogP) is 3.90. The molecule has 2 N–H and O–H groups in total. The minimum atomic E-state index is -4.68. The molecule has 3 nitrogen and oxygen atoms in total. The second kappa shape index (κ2) is 6.67. The molecule has 1 unspecified atom stereocenters. The van der Waals surface area contributed by atoms with E-state index in [1.165, 1.54) is 18.9 Å². The van der Waals surface area contributed by atoms with E-state index in [0.29, 0.717) is 6.04 Å². The van der Waals surface area contributed by atoms with Crippen molar-refractivity contribution < 1.29 is 17.9 Å². The van der Waals surface area contributed by atoms with Gasteiger partial charge in [-0.2, -0.15) is 0 Å². The minimum absolute atomic E-state index is 0.237. The third kappa shape index (κ3) is 4.86. The van der Waals surface area contributed by atoms with Gasteiger partial charge in [-0.15, -0.1) is 13.2 Å². The molecule has 1 aliphatic heterocycles. The van der Waals surface area contributed by atoms with Crippen molar-refractivity contribution in [2.45, 2.75) is 31.7 Å². The van der Waals surface area contributed by atoms with Gasteiger partial charge in [-0.3, -0.25) is 0 Å². The van der Waals surface area contributed by atoms with Gasteiger partial charge in [-0.25, -0.2) is 0 Å². The highest BCUT2D eigenvalue weighted by Gasteiger charge is 2.31. The normalized spacial score (nSPS) is 19.7. The van der Waals surface area contributed by atoms with Gasteiger partial charge in [0.15, 0.2) is 0 Å². The molecule has 2 rings (SSSR count). The molecule has 1 aliphatic rings. The van der Waals surface area contributed by atoms with E-state index in [2.05, 4.69) is 31.3 Å². The maximum absolute atomic E-state index is 12.1. The van der Waals surface area contributed by atoms with Crippen LogP contribution in [0.25, 0.3) is 0 Å². The largest absolute Gasteiger partial charge is 0.573 e. The van der Waals surface area contributed by atoms with Crippen molar-refractivity contribution in [3.63, 3.8) is 0 Å². The van der Waals surface area contributed by atoms with Gasteiger partial charge in [0.2, 0.25) is 0 Å². The summed E-state index contributed by atoms with van der Waals surface area (Å²) >= 11 is 3.09. The highest BCUT2D eigenvalue weighted by Crippen LogP contribution is 2.32. The molecule has 1 saturated heterocycles. The smallest absolute Gasteiger partial charge is 0.405 e. The number of hydrogen-bond acceptors (Lipinski definition) is 3. The fourth-order valence-corrected chi connectivity index (χ4v) is 2.62. The van der Waals surface area contributed by atoms with Gasteiger partial charge < -0.3 is 15.4 Å². The van der Waals surface area contributed by atoms with Crippen LogP contribution in [0, 0.1) is 0 Å². The molecular formula is C13H16BrF3N2O. The quantitative estimate of drug-likeness (QED) is 0.861. The van der Waals surface area contributed by atoms with E-state index < -0.39 is 6.36 Å². The Bertz CT molecular complexity index is 448. The van der Waals surface area contributed by atoms with Crippen LogP contribution in [0.3, 0.4) is 0 Å². The summed E-state index contributed by atoms with van der Waals surface area (Å²) in [6, 6.07) is 4.88. The van der Waals surface area contributed by atoms with Crippen LogP contribution in [-0.4, -0.2) is 25.5 Å². The highest BCUT2D eigenvalue weighted by atomic mass is 79.9. The fourth-order valence-electron chi connectivity index (χ4n) is 2.16. The molecule has 1 heterocycles. The van der Waals surface area contributed by atoms with Crippen molar-refractivity contribution in [1.29, 1.82) is 0 Å². The highest BCUT2D eigenvalue weighted by molar-refractivity contribution is 9.10. The van der Waals surface area contributed by atoms with Gasteiger partial charge in [-0.1, -0.05) is 6.42 Å². The monoisotopic (exact) mass is 352 g/mol. The molecule has 1 atom stereocenters. The van der Waals surface area contributed by atoms with E-state index in [9.17, 15) is 13.2 Å². The summed E-state index contributed by atoms with van der Waals surface area (Å²) in [6.45, 7) is 1.78. The summed E-state index contributed by atoms with van der Waals surface area (Å²) in [6.07, 6.45) is -1.15. The van der Waals surface area contributed by atoms with Crippen molar-refractivity contribution in [1.82, 2.24) is 5.32 Å².